The minimum absolute atomic E-state index is 0.199. The first-order valence-electron chi connectivity index (χ1n) is 5.65. The number of carbonyl (C=O) groups excluding carboxylic acids is 1. The van der Waals surface area contributed by atoms with E-state index in [1.807, 2.05) is 18.2 Å². The molecular formula is C13H20N2O2. The lowest BCUT2D eigenvalue weighted by Crippen LogP contribution is -2.19. The van der Waals surface area contributed by atoms with Crippen LogP contribution in [0, 0.1) is 5.41 Å². The Morgan fingerprint density at radius 2 is 1.94 bits per heavy atom. The third kappa shape index (κ3) is 5.36. The van der Waals surface area contributed by atoms with Crippen LogP contribution in [0.5, 0.6) is 0 Å². The van der Waals surface area contributed by atoms with Crippen LogP contribution in [-0.4, -0.2) is 24.2 Å². The number of benzene rings is 1. The molecule has 0 aromatic heterocycles. The lowest BCUT2D eigenvalue weighted by molar-refractivity contribution is -0.118. The van der Waals surface area contributed by atoms with Gasteiger partial charge in [0.1, 0.15) is 6.61 Å². The molecule has 4 nitrogen and oxygen atoms in total. The Kier molecular flexibility index (Phi) is 4.52. The van der Waals surface area contributed by atoms with Crippen molar-refractivity contribution in [1.82, 2.24) is 0 Å². The molecule has 4 heteroatoms. The molecule has 0 atom stereocenters. The van der Waals surface area contributed by atoms with Gasteiger partial charge >= 0.3 is 0 Å². The number of amides is 1. The average molecular weight is 236 g/mol. The molecule has 1 rings (SSSR count). The van der Waals surface area contributed by atoms with E-state index in [2.05, 4.69) is 31.4 Å². The van der Waals surface area contributed by atoms with E-state index in [0.29, 0.717) is 5.69 Å². The van der Waals surface area contributed by atoms with Crippen molar-refractivity contribution in [3.63, 3.8) is 0 Å². The topological polar surface area (TPSA) is 61.4 Å². The molecule has 0 fully saturated rings. The number of anilines is 2. The van der Waals surface area contributed by atoms with Gasteiger partial charge < -0.3 is 15.7 Å². The van der Waals surface area contributed by atoms with Crippen molar-refractivity contribution in [2.45, 2.75) is 20.8 Å². The summed E-state index contributed by atoms with van der Waals surface area (Å²) in [5.41, 5.74) is 1.84. The largest absolute Gasteiger partial charge is 0.387 e. The molecule has 1 aromatic rings. The number of aliphatic hydroxyl groups is 1. The fraction of sp³-hybridized carbons (Fsp3) is 0.462. The maximum atomic E-state index is 11.0. The van der Waals surface area contributed by atoms with Gasteiger partial charge in [-0.05, 0) is 23.6 Å². The predicted molar refractivity (Wildman–Crippen MR) is 70.1 cm³/mol. The summed E-state index contributed by atoms with van der Waals surface area (Å²) >= 11 is 0. The summed E-state index contributed by atoms with van der Waals surface area (Å²) in [7, 11) is 0. The van der Waals surface area contributed by atoms with Crippen LogP contribution in [0.15, 0.2) is 24.3 Å². The van der Waals surface area contributed by atoms with Gasteiger partial charge in [0, 0.05) is 17.9 Å². The van der Waals surface area contributed by atoms with Gasteiger partial charge in [-0.2, -0.15) is 0 Å². The van der Waals surface area contributed by atoms with E-state index in [-0.39, 0.29) is 5.41 Å². The van der Waals surface area contributed by atoms with Crippen LogP contribution >= 0.6 is 0 Å². The Morgan fingerprint density at radius 1 is 1.29 bits per heavy atom. The van der Waals surface area contributed by atoms with Crippen molar-refractivity contribution < 1.29 is 9.90 Å². The first-order chi connectivity index (χ1) is 7.90. The number of hydrogen-bond donors (Lipinski definition) is 3. The van der Waals surface area contributed by atoms with Crippen molar-refractivity contribution in [2.24, 2.45) is 5.41 Å². The van der Waals surface area contributed by atoms with Gasteiger partial charge in [-0.1, -0.05) is 26.8 Å². The second kappa shape index (κ2) is 5.68. The Balaban J connectivity index is 2.63. The van der Waals surface area contributed by atoms with E-state index in [1.165, 1.54) is 0 Å². The maximum Gasteiger partial charge on any atom is 0.250 e. The number of carbonyl (C=O) groups is 1. The maximum absolute atomic E-state index is 11.0. The van der Waals surface area contributed by atoms with Crippen molar-refractivity contribution in [1.29, 1.82) is 0 Å². The number of rotatable bonds is 4. The first-order valence-corrected chi connectivity index (χ1v) is 5.65. The predicted octanol–water partition coefficient (Wildman–Crippen LogP) is 2.08. The van der Waals surface area contributed by atoms with E-state index < -0.39 is 12.5 Å². The number of aliphatic hydroxyl groups excluding tert-OH is 1. The summed E-state index contributed by atoms with van der Waals surface area (Å²) in [5, 5.41) is 14.6. The van der Waals surface area contributed by atoms with Crippen LogP contribution < -0.4 is 10.6 Å². The van der Waals surface area contributed by atoms with Crippen molar-refractivity contribution >= 4 is 17.3 Å². The summed E-state index contributed by atoms with van der Waals surface area (Å²) in [6, 6.07) is 7.44. The Bertz CT molecular complexity index is 383. The van der Waals surface area contributed by atoms with Gasteiger partial charge in [-0.15, -0.1) is 0 Å². The Hall–Kier alpha value is -1.55. The Morgan fingerprint density at radius 3 is 2.53 bits per heavy atom. The second-order valence-electron chi connectivity index (χ2n) is 5.20. The summed E-state index contributed by atoms with van der Waals surface area (Å²) in [5.74, 6) is -0.405. The Labute approximate surface area is 102 Å². The zero-order chi connectivity index (χ0) is 12.9. The molecule has 1 amide bonds. The SMILES string of the molecule is CC(C)(C)CNc1cccc(NC(=O)CO)c1. The van der Waals surface area contributed by atoms with Crippen LogP contribution in [0.3, 0.4) is 0 Å². The number of hydrogen-bond acceptors (Lipinski definition) is 3. The van der Waals surface area contributed by atoms with Crippen molar-refractivity contribution in [3.05, 3.63) is 24.3 Å². The highest BCUT2D eigenvalue weighted by Crippen LogP contribution is 2.18. The molecule has 0 bridgehead atoms. The van der Waals surface area contributed by atoms with E-state index in [1.54, 1.807) is 6.07 Å². The van der Waals surface area contributed by atoms with Crippen LogP contribution in [0.4, 0.5) is 11.4 Å². The molecule has 0 aliphatic heterocycles. The van der Waals surface area contributed by atoms with E-state index in [9.17, 15) is 4.79 Å². The fourth-order valence-electron chi connectivity index (χ4n) is 1.27. The summed E-state index contributed by atoms with van der Waals surface area (Å²) in [6.07, 6.45) is 0. The molecule has 0 saturated carbocycles. The third-order valence-corrected chi connectivity index (χ3v) is 2.11. The summed E-state index contributed by atoms with van der Waals surface area (Å²) < 4.78 is 0. The second-order valence-corrected chi connectivity index (χ2v) is 5.20. The van der Waals surface area contributed by atoms with Crippen LogP contribution in [0.1, 0.15) is 20.8 Å². The molecular weight excluding hydrogens is 216 g/mol. The van der Waals surface area contributed by atoms with Crippen molar-refractivity contribution in [2.75, 3.05) is 23.8 Å². The van der Waals surface area contributed by atoms with E-state index >= 15 is 0 Å². The van der Waals surface area contributed by atoms with Gasteiger partial charge in [-0.3, -0.25) is 4.79 Å². The molecule has 0 saturated heterocycles. The van der Waals surface area contributed by atoms with Gasteiger partial charge in [0.2, 0.25) is 5.91 Å². The molecule has 94 valence electrons. The molecule has 0 aliphatic carbocycles. The molecule has 3 N–H and O–H groups in total. The number of nitrogens with one attached hydrogen (secondary N) is 2. The monoisotopic (exact) mass is 236 g/mol. The lowest BCUT2D eigenvalue weighted by Gasteiger charge is -2.20. The van der Waals surface area contributed by atoms with Crippen molar-refractivity contribution in [3.8, 4) is 0 Å². The van der Waals surface area contributed by atoms with Gasteiger partial charge in [-0.25, -0.2) is 0 Å². The van der Waals surface area contributed by atoms with Gasteiger partial charge in [0.05, 0.1) is 0 Å². The summed E-state index contributed by atoms with van der Waals surface area (Å²) in [4.78, 5) is 11.0. The summed E-state index contributed by atoms with van der Waals surface area (Å²) in [6.45, 7) is 6.80. The quantitative estimate of drug-likeness (QED) is 0.750. The molecule has 1 aromatic carbocycles. The highest BCUT2D eigenvalue weighted by molar-refractivity contribution is 5.91. The molecule has 0 unspecified atom stereocenters. The van der Waals surface area contributed by atoms with E-state index in [4.69, 9.17) is 5.11 Å². The molecule has 0 radical (unpaired) electrons. The minimum Gasteiger partial charge on any atom is -0.387 e. The standard InChI is InChI=1S/C13H20N2O2/c1-13(2,3)9-14-10-5-4-6-11(7-10)15-12(17)8-16/h4-7,14,16H,8-9H2,1-3H3,(H,15,17). The minimum atomic E-state index is -0.500. The van der Waals surface area contributed by atoms with E-state index in [0.717, 1.165) is 12.2 Å². The van der Waals surface area contributed by atoms with Crippen LogP contribution in [0.25, 0.3) is 0 Å². The molecule has 17 heavy (non-hydrogen) atoms. The zero-order valence-corrected chi connectivity index (χ0v) is 10.6. The smallest absolute Gasteiger partial charge is 0.250 e. The highest BCUT2D eigenvalue weighted by atomic mass is 16.3. The molecule has 0 aliphatic rings. The highest BCUT2D eigenvalue weighted by Gasteiger charge is 2.09. The third-order valence-electron chi connectivity index (χ3n) is 2.11. The molecule has 0 heterocycles. The average Bonchev–Trinajstić information content (AvgIpc) is 2.26. The van der Waals surface area contributed by atoms with Crippen LogP contribution in [0.2, 0.25) is 0 Å². The first kappa shape index (κ1) is 13.5. The van der Waals surface area contributed by atoms with Gasteiger partial charge in [0.15, 0.2) is 0 Å². The fourth-order valence-corrected chi connectivity index (χ4v) is 1.27. The van der Waals surface area contributed by atoms with Crippen LogP contribution in [-0.2, 0) is 4.79 Å². The normalized spacial score (nSPS) is 11.1. The zero-order valence-electron chi connectivity index (χ0n) is 10.6. The lowest BCUT2D eigenvalue weighted by atomic mass is 9.97. The molecule has 0 spiro atoms. The van der Waals surface area contributed by atoms with Gasteiger partial charge in [0.25, 0.3) is 0 Å².